The van der Waals surface area contributed by atoms with Gasteiger partial charge in [-0.15, -0.1) is 0 Å². The molecule has 2 saturated heterocycles. The van der Waals surface area contributed by atoms with Crippen molar-refractivity contribution in [3.8, 4) is 0 Å². The van der Waals surface area contributed by atoms with Crippen LogP contribution in [0.4, 0.5) is 5.82 Å². The molecule has 0 spiro atoms. The molecule has 3 heterocycles. The van der Waals surface area contributed by atoms with Crippen molar-refractivity contribution in [2.75, 3.05) is 31.1 Å². The van der Waals surface area contributed by atoms with Gasteiger partial charge in [-0.05, 0) is 38.3 Å². The van der Waals surface area contributed by atoms with Crippen LogP contribution < -0.4 is 10.2 Å². The first-order valence-electron chi connectivity index (χ1n) is 8.06. The molecule has 4 nitrogen and oxygen atoms in total. The molecule has 3 aliphatic rings. The summed E-state index contributed by atoms with van der Waals surface area (Å²) in [5.41, 5.74) is 1.37. The summed E-state index contributed by atoms with van der Waals surface area (Å²) in [5, 5.41) is 3.62. The van der Waals surface area contributed by atoms with Gasteiger partial charge in [0.25, 0.3) is 0 Å². The quantitative estimate of drug-likeness (QED) is 0.902. The Labute approximate surface area is 121 Å². The molecule has 3 fully saturated rings. The zero-order chi connectivity index (χ0) is 13.4. The highest BCUT2D eigenvalue weighted by atomic mass is 15.3. The molecular weight excluding hydrogens is 248 g/mol. The fourth-order valence-corrected chi connectivity index (χ4v) is 3.58. The van der Waals surface area contributed by atoms with Crippen LogP contribution in [0.5, 0.6) is 0 Å². The molecule has 20 heavy (non-hydrogen) atoms. The number of rotatable bonds is 4. The standard InChI is InChI=1S/C16H24N4/c1-3-13(11-18-14-5-6-14)16(17-7-1)20-10-9-19-8-2-4-15(19)12-20/h1,3,7,14-15,18H,2,4-6,8-12H2. The zero-order valence-electron chi connectivity index (χ0n) is 12.1. The number of nitrogens with zero attached hydrogens (tertiary/aromatic N) is 3. The van der Waals surface area contributed by atoms with Crippen LogP contribution in [0.1, 0.15) is 31.2 Å². The van der Waals surface area contributed by atoms with Crippen molar-refractivity contribution in [2.45, 2.75) is 44.3 Å². The van der Waals surface area contributed by atoms with Crippen LogP contribution in [-0.2, 0) is 6.54 Å². The van der Waals surface area contributed by atoms with Gasteiger partial charge in [0.15, 0.2) is 0 Å². The number of nitrogens with one attached hydrogen (secondary N) is 1. The van der Waals surface area contributed by atoms with Crippen LogP contribution in [0, 0.1) is 0 Å². The zero-order valence-corrected chi connectivity index (χ0v) is 12.1. The van der Waals surface area contributed by atoms with E-state index in [4.69, 9.17) is 0 Å². The van der Waals surface area contributed by atoms with E-state index in [1.165, 1.54) is 50.2 Å². The molecular formula is C16H24N4. The average Bonchev–Trinajstić information content (AvgIpc) is 3.20. The SMILES string of the molecule is c1cnc(N2CCN3CCCC3C2)c(CNC2CC2)c1. The first kappa shape index (κ1) is 12.6. The lowest BCUT2D eigenvalue weighted by molar-refractivity contribution is 0.230. The fraction of sp³-hybridized carbons (Fsp3) is 0.688. The molecule has 0 bridgehead atoms. The number of anilines is 1. The summed E-state index contributed by atoms with van der Waals surface area (Å²) in [4.78, 5) is 9.85. The molecule has 1 aromatic heterocycles. The van der Waals surface area contributed by atoms with Crippen LogP contribution in [0.25, 0.3) is 0 Å². The molecule has 1 aromatic rings. The van der Waals surface area contributed by atoms with Gasteiger partial charge >= 0.3 is 0 Å². The Hall–Kier alpha value is -1.13. The minimum atomic E-state index is 0.759. The lowest BCUT2D eigenvalue weighted by Gasteiger charge is -2.38. The Morgan fingerprint density at radius 3 is 3.05 bits per heavy atom. The maximum absolute atomic E-state index is 4.68. The van der Waals surface area contributed by atoms with Crippen molar-refractivity contribution in [1.82, 2.24) is 15.2 Å². The van der Waals surface area contributed by atoms with Crippen LogP contribution >= 0.6 is 0 Å². The summed E-state index contributed by atoms with van der Waals surface area (Å²) in [6.07, 6.45) is 7.36. The second-order valence-corrected chi connectivity index (χ2v) is 6.42. The van der Waals surface area contributed by atoms with Gasteiger partial charge in [0.1, 0.15) is 5.82 Å². The number of hydrogen-bond acceptors (Lipinski definition) is 4. The molecule has 1 saturated carbocycles. The van der Waals surface area contributed by atoms with Crippen LogP contribution in [0.15, 0.2) is 18.3 Å². The molecule has 1 N–H and O–H groups in total. The van der Waals surface area contributed by atoms with Gasteiger partial charge in [0, 0.05) is 50.0 Å². The number of fused-ring (bicyclic) bond motifs is 1. The lowest BCUT2D eigenvalue weighted by Crippen LogP contribution is -2.50. The van der Waals surface area contributed by atoms with Gasteiger partial charge in [0.2, 0.25) is 0 Å². The second-order valence-electron chi connectivity index (χ2n) is 6.42. The van der Waals surface area contributed by atoms with Crippen molar-refractivity contribution in [3.63, 3.8) is 0 Å². The Kier molecular flexibility index (Phi) is 3.36. The van der Waals surface area contributed by atoms with E-state index in [0.717, 1.165) is 31.7 Å². The lowest BCUT2D eigenvalue weighted by atomic mass is 10.1. The minimum absolute atomic E-state index is 0.759. The average molecular weight is 272 g/mol. The molecule has 0 amide bonds. The van der Waals surface area contributed by atoms with E-state index >= 15 is 0 Å². The Balaban J connectivity index is 1.48. The molecule has 4 rings (SSSR count). The normalized spacial score (nSPS) is 26.8. The van der Waals surface area contributed by atoms with Crippen molar-refractivity contribution in [1.29, 1.82) is 0 Å². The fourth-order valence-electron chi connectivity index (χ4n) is 3.58. The second kappa shape index (κ2) is 5.34. The summed E-state index contributed by atoms with van der Waals surface area (Å²) in [5.74, 6) is 1.22. The predicted octanol–water partition coefficient (Wildman–Crippen LogP) is 1.62. The van der Waals surface area contributed by atoms with E-state index in [-0.39, 0.29) is 0 Å². The van der Waals surface area contributed by atoms with Crippen LogP contribution in [0.3, 0.4) is 0 Å². The van der Waals surface area contributed by atoms with Crippen LogP contribution in [0.2, 0.25) is 0 Å². The predicted molar refractivity (Wildman–Crippen MR) is 80.9 cm³/mol. The highest BCUT2D eigenvalue weighted by Gasteiger charge is 2.31. The number of pyridine rings is 1. The first-order valence-corrected chi connectivity index (χ1v) is 8.06. The number of hydrogen-bond donors (Lipinski definition) is 1. The Morgan fingerprint density at radius 2 is 2.15 bits per heavy atom. The summed E-state index contributed by atoms with van der Waals surface area (Å²) in [6.45, 7) is 5.77. The van der Waals surface area contributed by atoms with Gasteiger partial charge in [-0.1, -0.05) is 6.07 Å². The molecule has 1 atom stereocenters. The van der Waals surface area contributed by atoms with E-state index < -0.39 is 0 Å². The third-order valence-corrected chi connectivity index (χ3v) is 4.91. The smallest absolute Gasteiger partial charge is 0.133 e. The third-order valence-electron chi connectivity index (χ3n) is 4.91. The van der Waals surface area contributed by atoms with Gasteiger partial charge in [-0.3, -0.25) is 4.90 Å². The van der Waals surface area contributed by atoms with Gasteiger partial charge in [-0.25, -0.2) is 4.98 Å². The molecule has 108 valence electrons. The van der Waals surface area contributed by atoms with Gasteiger partial charge < -0.3 is 10.2 Å². The molecule has 0 aromatic carbocycles. The van der Waals surface area contributed by atoms with E-state index in [1.807, 2.05) is 6.20 Å². The highest BCUT2D eigenvalue weighted by Crippen LogP contribution is 2.27. The van der Waals surface area contributed by atoms with Crippen LogP contribution in [-0.4, -0.2) is 48.1 Å². The number of piperazine rings is 1. The summed E-state index contributed by atoms with van der Waals surface area (Å²) >= 11 is 0. The summed E-state index contributed by atoms with van der Waals surface area (Å²) < 4.78 is 0. The first-order chi connectivity index (χ1) is 9.90. The van der Waals surface area contributed by atoms with Gasteiger partial charge in [0.05, 0.1) is 0 Å². The summed E-state index contributed by atoms with van der Waals surface area (Å²) in [7, 11) is 0. The molecule has 1 aliphatic carbocycles. The largest absolute Gasteiger partial charge is 0.353 e. The van der Waals surface area contributed by atoms with E-state index in [9.17, 15) is 0 Å². The van der Waals surface area contributed by atoms with Crippen molar-refractivity contribution in [3.05, 3.63) is 23.9 Å². The third kappa shape index (κ3) is 2.54. The topological polar surface area (TPSA) is 31.4 Å². The van der Waals surface area contributed by atoms with Crippen molar-refractivity contribution in [2.24, 2.45) is 0 Å². The Morgan fingerprint density at radius 1 is 1.20 bits per heavy atom. The van der Waals surface area contributed by atoms with E-state index in [1.54, 1.807) is 0 Å². The summed E-state index contributed by atoms with van der Waals surface area (Å²) in [6, 6.07) is 5.82. The number of aromatic nitrogens is 1. The highest BCUT2D eigenvalue weighted by molar-refractivity contribution is 5.47. The van der Waals surface area contributed by atoms with Crippen molar-refractivity contribution < 1.29 is 0 Å². The maximum atomic E-state index is 4.68. The van der Waals surface area contributed by atoms with Gasteiger partial charge in [-0.2, -0.15) is 0 Å². The monoisotopic (exact) mass is 272 g/mol. The minimum Gasteiger partial charge on any atom is -0.353 e. The van der Waals surface area contributed by atoms with E-state index in [2.05, 4.69) is 32.2 Å². The molecule has 4 heteroatoms. The molecule has 2 aliphatic heterocycles. The van der Waals surface area contributed by atoms with Crippen molar-refractivity contribution >= 4 is 5.82 Å². The van der Waals surface area contributed by atoms with E-state index in [0.29, 0.717) is 0 Å². The molecule has 1 unspecified atom stereocenters. The Bertz CT molecular complexity index is 471. The maximum Gasteiger partial charge on any atom is 0.133 e. The molecule has 0 radical (unpaired) electrons.